The average molecular weight is 454 g/mol. The molecule has 0 aliphatic heterocycles. The minimum atomic E-state index is -0.636. The zero-order valence-electron chi connectivity index (χ0n) is 19.6. The van der Waals surface area contributed by atoms with Crippen LogP contribution in [0, 0.1) is 0 Å². The van der Waals surface area contributed by atoms with E-state index in [1.54, 1.807) is 12.1 Å². The Morgan fingerprint density at radius 3 is 2.30 bits per heavy atom. The lowest BCUT2D eigenvalue weighted by molar-refractivity contribution is -0.144. The van der Waals surface area contributed by atoms with Crippen LogP contribution in [0.4, 0.5) is 0 Å². The quantitative estimate of drug-likeness (QED) is 0.456. The highest BCUT2D eigenvalue weighted by Crippen LogP contribution is 2.35. The number of amides is 1. The van der Waals surface area contributed by atoms with E-state index in [4.69, 9.17) is 18.9 Å². The molecule has 0 spiro atoms. The largest absolute Gasteiger partial charge is 0.496 e. The summed E-state index contributed by atoms with van der Waals surface area (Å²) in [5.41, 5.74) is 4.42. The highest BCUT2D eigenvalue weighted by atomic mass is 16.5. The predicted molar refractivity (Wildman–Crippen MR) is 126 cm³/mol. The van der Waals surface area contributed by atoms with Gasteiger partial charge in [0.15, 0.2) is 18.1 Å². The molecule has 7 nitrogen and oxygen atoms in total. The number of carbonyl (C=O) groups is 2. The van der Waals surface area contributed by atoms with Crippen LogP contribution in [0.5, 0.6) is 17.2 Å². The zero-order valence-corrected chi connectivity index (χ0v) is 19.6. The first-order valence-corrected chi connectivity index (χ1v) is 11.0. The number of methoxy groups -OCH3 is 3. The second-order valence-corrected chi connectivity index (χ2v) is 7.91. The first kappa shape index (κ1) is 24.2. The van der Waals surface area contributed by atoms with E-state index >= 15 is 0 Å². The fourth-order valence-electron chi connectivity index (χ4n) is 3.91. The third-order valence-electron chi connectivity index (χ3n) is 5.73. The first-order valence-electron chi connectivity index (χ1n) is 11.0. The predicted octanol–water partition coefficient (Wildman–Crippen LogP) is 4.03. The van der Waals surface area contributed by atoms with Crippen molar-refractivity contribution in [2.75, 3.05) is 27.9 Å². The molecule has 7 heteroatoms. The SMILES string of the molecule is COc1cc(OC)c(OC)cc1/C=C/C(=O)OCC(=O)NC(C)c1ccc2c(c1)CCCC2. The van der Waals surface area contributed by atoms with Crippen molar-refractivity contribution in [3.8, 4) is 17.2 Å². The van der Waals surface area contributed by atoms with Crippen molar-refractivity contribution >= 4 is 18.0 Å². The summed E-state index contributed by atoms with van der Waals surface area (Å²) in [7, 11) is 4.57. The Bertz CT molecular complexity index is 1030. The van der Waals surface area contributed by atoms with Gasteiger partial charge in [-0.05, 0) is 61.4 Å². The second kappa shape index (κ2) is 11.4. The number of nitrogens with one attached hydrogen (secondary N) is 1. The molecule has 0 fully saturated rings. The summed E-state index contributed by atoms with van der Waals surface area (Å²) in [6.07, 6.45) is 7.42. The van der Waals surface area contributed by atoms with Gasteiger partial charge in [0.25, 0.3) is 5.91 Å². The van der Waals surface area contributed by atoms with E-state index in [1.807, 2.05) is 6.92 Å². The van der Waals surface area contributed by atoms with Gasteiger partial charge in [0, 0.05) is 17.7 Å². The number of esters is 1. The lowest BCUT2D eigenvalue weighted by atomic mass is 9.89. The lowest BCUT2D eigenvalue weighted by Crippen LogP contribution is -2.31. The van der Waals surface area contributed by atoms with Gasteiger partial charge in [-0.1, -0.05) is 18.2 Å². The third-order valence-corrected chi connectivity index (χ3v) is 5.73. The van der Waals surface area contributed by atoms with E-state index in [1.165, 1.54) is 57.4 Å². The van der Waals surface area contributed by atoms with Gasteiger partial charge >= 0.3 is 5.97 Å². The van der Waals surface area contributed by atoms with Gasteiger partial charge in [0.1, 0.15) is 5.75 Å². The summed E-state index contributed by atoms with van der Waals surface area (Å²) in [5.74, 6) is 0.531. The standard InChI is InChI=1S/C26H31NO6/c1-17(19-10-9-18-7-5-6-8-20(18)13-19)27-25(28)16-33-26(29)12-11-21-14-23(31-3)24(32-4)15-22(21)30-2/h9-15,17H,5-8,16H2,1-4H3,(H,27,28)/b12-11+. The third kappa shape index (κ3) is 6.28. The van der Waals surface area contributed by atoms with Crippen LogP contribution in [-0.4, -0.2) is 39.8 Å². The summed E-state index contributed by atoms with van der Waals surface area (Å²) < 4.78 is 21.0. The number of rotatable bonds is 9. The molecule has 0 heterocycles. The van der Waals surface area contributed by atoms with Gasteiger partial charge in [0.05, 0.1) is 27.4 Å². The Hall–Kier alpha value is -3.48. The van der Waals surface area contributed by atoms with E-state index in [2.05, 4.69) is 23.5 Å². The number of aryl methyl sites for hydroxylation is 2. The molecular weight excluding hydrogens is 422 g/mol. The van der Waals surface area contributed by atoms with Crippen molar-refractivity contribution in [2.24, 2.45) is 0 Å². The molecule has 2 aromatic carbocycles. The Morgan fingerprint density at radius 1 is 0.939 bits per heavy atom. The van der Waals surface area contributed by atoms with Gasteiger partial charge in [-0.25, -0.2) is 4.79 Å². The Morgan fingerprint density at radius 2 is 1.61 bits per heavy atom. The normalized spacial score (nSPS) is 13.7. The fraction of sp³-hybridized carbons (Fsp3) is 0.385. The average Bonchev–Trinajstić information content (AvgIpc) is 2.85. The zero-order chi connectivity index (χ0) is 23.8. The molecule has 0 bridgehead atoms. The molecule has 3 rings (SSSR count). The van der Waals surface area contributed by atoms with Crippen LogP contribution >= 0.6 is 0 Å². The molecule has 1 amide bonds. The van der Waals surface area contributed by atoms with Crippen LogP contribution in [0.15, 0.2) is 36.4 Å². The van der Waals surface area contributed by atoms with Crippen LogP contribution < -0.4 is 19.5 Å². The van der Waals surface area contributed by atoms with Crippen LogP contribution in [0.3, 0.4) is 0 Å². The smallest absolute Gasteiger partial charge is 0.331 e. The second-order valence-electron chi connectivity index (χ2n) is 7.91. The molecule has 0 radical (unpaired) electrons. The topological polar surface area (TPSA) is 83.1 Å². The minimum Gasteiger partial charge on any atom is -0.496 e. The van der Waals surface area contributed by atoms with Gasteiger partial charge in [-0.2, -0.15) is 0 Å². The van der Waals surface area contributed by atoms with E-state index < -0.39 is 5.97 Å². The van der Waals surface area contributed by atoms with Crippen LogP contribution in [0.25, 0.3) is 6.08 Å². The summed E-state index contributed by atoms with van der Waals surface area (Å²) in [6, 6.07) is 9.56. The van der Waals surface area contributed by atoms with Crippen LogP contribution in [0.1, 0.15) is 48.1 Å². The van der Waals surface area contributed by atoms with E-state index in [0.29, 0.717) is 22.8 Å². The van der Waals surface area contributed by atoms with E-state index in [0.717, 1.165) is 18.4 Å². The van der Waals surface area contributed by atoms with E-state index in [-0.39, 0.29) is 18.6 Å². The van der Waals surface area contributed by atoms with Crippen LogP contribution in [0.2, 0.25) is 0 Å². The molecule has 0 aromatic heterocycles. The molecule has 2 aromatic rings. The van der Waals surface area contributed by atoms with Gasteiger partial charge in [0.2, 0.25) is 0 Å². The molecule has 1 aliphatic rings. The first-order chi connectivity index (χ1) is 15.9. The Balaban J connectivity index is 1.54. The maximum absolute atomic E-state index is 12.3. The van der Waals surface area contributed by atoms with Crippen molar-refractivity contribution in [3.05, 3.63) is 58.7 Å². The summed E-state index contributed by atoms with van der Waals surface area (Å²) in [6.45, 7) is 1.56. The number of fused-ring (bicyclic) bond motifs is 1. The maximum atomic E-state index is 12.3. The monoisotopic (exact) mass is 453 g/mol. The molecule has 1 N–H and O–H groups in total. The number of hydrogen-bond acceptors (Lipinski definition) is 6. The van der Waals surface area contributed by atoms with Crippen molar-refractivity contribution in [1.82, 2.24) is 5.32 Å². The van der Waals surface area contributed by atoms with Gasteiger partial charge < -0.3 is 24.3 Å². The Kier molecular flexibility index (Phi) is 8.35. The van der Waals surface area contributed by atoms with Crippen molar-refractivity contribution in [2.45, 2.75) is 38.6 Å². The number of carbonyl (C=O) groups excluding carboxylic acids is 2. The molecule has 1 atom stereocenters. The minimum absolute atomic E-state index is 0.171. The Labute approximate surface area is 194 Å². The molecule has 0 saturated heterocycles. The molecule has 176 valence electrons. The van der Waals surface area contributed by atoms with Crippen molar-refractivity contribution < 1.29 is 28.5 Å². The number of hydrogen-bond donors (Lipinski definition) is 1. The van der Waals surface area contributed by atoms with Crippen molar-refractivity contribution in [3.63, 3.8) is 0 Å². The lowest BCUT2D eigenvalue weighted by Gasteiger charge is -2.20. The maximum Gasteiger partial charge on any atom is 0.331 e. The summed E-state index contributed by atoms with van der Waals surface area (Å²) in [4.78, 5) is 24.4. The molecule has 1 aliphatic carbocycles. The molecule has 1 unspecified atom stereocenters. The molecule has 0 saturated carbocycles. The summed E-state index contributed by atoms with van der Waals surface area (Å²) >= 11 is 0. The number of benzene rings is 2. The van der Waals surface area contributed by atoms with E-state index in [9.17, 15) is 9.59 Å². The highest BCUT2D eigenvalue weighted by molar-refractivity contribution is 5.90. The van der Waals surface area contributed by atoms with Crippen molar-refractivity contribution in [1.29, 1.82) is 0 Å². The number of ether oxygens (including phenoxy) is 4. The highest BCUT2D eigenvalue weighted by Gasteiger charge is 2.15. The molecule has 33 heavy (non-hydrogen) atoms. The van der Waals surface area contributed by atoms with Gasteiger partial charge in [-0.15, -0.1) is 0 Å². The fourth-order valence-corrected chi connectivity index (χ4v) is 3.91. The summed E-state index contributed by atoms with van der Waals surface area (Å²) in [5, 5.41) is 2.89. The van der Waals surface area contributed by atoms with Crippen LogP contribution in [-0.2, 0) is 27.2 Å². The molecular formula is C26H31NO6. The van der Waals surface area contributed by atoms with Gasteiger partial charge in [-0.3, -0.25) is 4.79 Å².